The van der Waals surface area contributed by atoms with Gasteiger partial charge in [-0.1, -0.05) is 24.3 Å². The van der Waals surface area contributed by atoms with E-state index in [1.165, 1.54) is 0 Å². The Morgan fingerprint density at radius 1 is 1.25 bits per heavy atom. The summed E-state index contributed by atoms with van der Waals surface area (Å²) in [4.78, 5) is 12.0. The lowest BCUT2D eigenvalue weighted by molar-refractivity contribution is -0.123. The summed E-state index contributed by atoms with van der Waals surface area (Å²) in [6.07, 6.45) is 4.51. The molecule has 108 valence electrons. The van der Waals surface area contributed by atoms with Crippen molar-refractivity contribution in [3.8, 4) is 5.75 Å². The van der Waals surface area contributed by atoms with E-state index in [2.05, 4.69) is 13.2 Å². The molecule has 0 atom stereocenters. The molecule has 0 saturated heterocycles. The quantitative estimate of drug-likeness (QED) is 0.738. The number of rotatable bonds is 8. The fourth-order valence-electron chi connectivity index (χ4n) is 2.28. The maximum absolute atomic E-state index is 12.0. The molecule has 0 fully saturated rings. The largest absolute Gasteiger partial charge is 0.491 e. The Hall–Kier alpha value is -2.03. The van der Waals surface area contributed by atoms with Gasteiger partial charge in [-0.25, -0.2) is 0 Å². The predicted molar refractivity (Wildman–Crippen MR) is 82.7 cm³/mol. The van der Waals surface area contributed by atoms with E-state index < -0.39 is 5.41 Å². The molecule has 0 spiro atoms. The lowest BCUT2D eigenvalue weighted by Crippen LogP contribution is -2.40. The van der Waals surface area contributed by atoms with Crippen LogP contribution in [-0.4, -0.2) is 12.0 Å². The fourth-order valence-corrected chi connectivity index (χ4v) is 2.28. The van der Waals surface area contributed by atoms with Gasteiger partial charge in [0.25, 0.3) is 0 Å². The summed E-state index contributed by atoms with van der Waals surface area (Å²) in [7, 11) is 0. The smallest absolute Gasteiger partial charge is 0.228 e. The number of nitrogens with two attached hydrogens (primary N) is 1. The van der Waals surface area contributed by atoms with Crippen molar-refractivity contribution in [1.29, 1.82) is 0 Å². The number of hydrogen-bond donors (Lipinski definition) is 1. The molecule has 0 saturated carbocycles. The molecule has 0 aliphatic heterocycles. The normalized spacial score (nSPS) is 11.2. The number of benzene rings is 1. The van der Waals surface area contributed by atoms with Crippen molar-refractivity contribution in [1.82, 2.24) is 0 Å². The van der Waals surface area contributed by atoms with Crippen molar-refractivity contribution in [3.63, 3.8) is 0 Å². The van der Waals surface area contributed by atoms with Gasteiger partial charge in [0.05, 0.1) is 11.5 Å². The molecule has 20 heavy (non-hydrogen) atoms. The Balaban J connectivity index is 3.16. The van der Waals surface area contributed by atoms with Crippen LogP contribution in [-0.2, 0) is 10.2 Å². The highest BCUT2D eigenvalue weighted by Gasteiger charge is 2.36. The summed E-state index contributed by atoms with van der Waals surface area (Å²) in [5.41, 5.74) is 5.71. The van der Waals surface area contributed by atoms with Gasteiger partial charge >= 0.3 is 0 Å². The maximum atomic E-state index is 12.0. The molecule has 0 heterocycles. The molecule has 0 aromatic heterocycles. The van der Waals surface area contributed by atoms with Crippen LogP contribution < -0.4 is 10.5 Å². The Morgan fingerprint density at radius 3 is 2.10 bits per heavy atom. The zero-order valence-electron chi connectivity index (χ0n) is 12.3. The van der Waals surface area contributed by atoms with E-state index >= 15 is 0 Å². The van der Waals surface area contributed by atoms with Gasteiger partial charge in [0.15, 0.2) is 0 Å². The van der Waals surface area contributed by atoms with Crippen LogP contribution in [0.1, 0.15) is 32.3 Å². The molecule has 1 rings (SSSR count). The van der Waals surface area contributed by atoms with E-state index in [4.69, 9.17) is 10.5 Å². The molecule has 0 aliphatic rings. The second-order valence-corrected chi connectivity index (χ2v) is 5.12. The highest BCUT2D eigenvalue weighted by molar-refractivity contribution is 5.87. The molecule has 1 aromatic carbocycles. The highest BCUT2D eigenvalue weighted by atomic mass is 16.5. The molecule has 3 heteroatoms. The number of carbonyl (C=O) groups is 1. The van der Waals surface area contributed by atoms with E-state index in [9.17, 15) is 4.79 Å². The van der Waals surface area contributed by atoms with E-state index in [0.717, 1.165) is 11.3 Å². The number of ether oxygens (including phenoxy) is 1. The molecular formula is C17H23NO2. The molecule has 1 aromatic rings. The van der Waals surface area contributed by atoms with Crippen molar-refractivity contribution < 1.29 is 9.53 Å². The van der Waals surface area contributed by atoms with Crippen LogP contribution in [0, 0.1) is 0 Å². The summed E-state index contributed by atoms with van der Waals surface area (Å²) in [5.74, 6) is 0.411. The van der Waals surface area contributed by atoms with Crippen molar-refractivity contribution in [2.75, 3.05) is 0 Å². The summed E-state index contributed by atoms with van der Waals surface area (Å²) >= 11 is 0. The minimum absolute atomic E-state index is 0.114. The summed E-state index contributed by atoms with van der Waals surface area (Å²) < 4.78 is 5.61. The van der Waals surface area contributed by atoms with Crippen LogP contribution in [0.25, 0.3) is 0 Å². The van der Waals surface area contributed by atoms with Crippen molar-refractivity contribution >= 4 is 5.91 Å². The maximum Gasteiger partial charge on any atom is 0.228 e. The van der Waals surface area contributed by atoms with Gasteiger partial charge in [0, 0.05) is 0 Å². The van der Waals surface area contributed by atoms with E-state index in [1.54, 1.807) is 12.2 Å². The molecule has 3 nitrogen and oxygen atoms in total. The lowest BCUT2D eigenvalue weighted by atomic mass is 9.74. The van der Waals surface area contributed by atoms with Gasteiger partial charge in [-0.05, 0) is 44.4 Å². The number of primary amides is 1. The molecule has 0 bridgehead atoms. The molecular weight excluding hydrogens is 250 g/mol. The van der Waals surface area contributed by atoms with Crippen molar-refractivity contribution in [3.05, 3.63) is 55.1 Å². The van der Waals surface area contributed by atoms with Crippen LogP contribution in [0.5, 0.6) is 5.75 Å². The summed E-state index contributed by atoms with van der Waals surface area (Å²) in [5, 5.41) is 0. The first-order valence-electron chi connectivity index (χ1n) is 6.75. The fraction of sp³-hybridized carbons (Fsp3) is 0.353. The average molecular weight is 273 g/mol. The molecule has 0 unspecified atom stereocenters. The van der Waals surface area contributed by atoms with E-state index in [1.807, 2.05) is 38.1 Å². The first-order valence-corrected chi connectivity index (χ1v) is 6.75. The molecule has 0 aliphatic carbocycles. The van der Waals surface area contributed by atoms with Crippen LogP contribution in [0.3, 0.4) is 0 Å². The zero-order valence-corrected chi connectivity index (χ0v) is 12.3. The SMILES string of the molecule is C=CCC(CC=C)(C(N)=O)c1ccc(OC(C)C)cc1. The first-order chi connectivity index (χ1) is 9.46. The third kappa shape index (κ3) is 3.50. The Morgan fingerprint density at radius 2 is 1.75 bits per heavy atom. The van der Waals surface area contributed by atoms with Crippen molar-refractivity contribution in [2.24, 2.45) is 5.73 Å². The second kappa shape index (κ2) is 6.94. The lowest BCUT2D eigenvalue weighted by Gasteiger charge is -2.29. The molecule has 0 radical (unpaired) electrons. The second-order valence-electron chi connectivity index (χ2n) is 5.12. The van der Waals surface area contributed by atoms with E-state index in [0.29, 0.717) is 12.8 Å². The Bertz CT molecular complexity index is 464. The van der Waals surface area contributed by atoms with Gasteiger partial charge in [-0.15, -0.1) is 13.2 Å². The monoisotopic (exact) mass is 273 g/mol. The average Bonchev–Trinajstić information content (AvgIpc) is 2.38. The van der Waals surface area contributed by atoms with Crippen LogP contribution in [0.4, 0.5) is 0 Å². The predicted octanol–water partition coefficient (Wildman–Crippen LogP) is 3.35. The standard InChI is InChI=1S/C17H23NO2/c1-5-11-17(12-6-2,16(18)19)14-7-9-15(10-8-14)20-13(3)4/h5-10,13H,1-2,11-12H2,3-4H3,(H2,18,19). The Kier molecular flexibility index (Phi) is 5.56. The number of amides is 1. The number of hydrogen-bond acceptors (Lipinski definition) is 2. The van der Waals surface area contributed by atoms with Gasteiger partial charge < -0.3 is 10.5 Å². The first kappa shape index (κ1) is 16.0. The Labute approximate surface area is 121 Å². The highest BCUT2D eigenvalue weighted by Crippen LogP contribution is 2.33. The number of allylic oxidation sites excluding steroid dienone is 2. The van der Waals surface area contributed by atoms with Gasteiger partial charge in [-0.2, -0.15) is 0 Å². The van der Waals surface area contributed by atoms with Gasteiger partial charge in [0.2, 0.25) is 5.91 Å². The van der Waals surface area contributed by atoms with Gasteiger partial charge in [0.1, 0.15) is 5.75 Å². The van der Waals surface area contributed by atoms with Crippen LogP contribution >= 0.6 is 0 Å². The van der Waals surface area contributed by atoms with Gasteiger partial charge in [-0.3, -0.25) is 4.79 Å². The molecule has 1 amide bonds. The van der Waals surface area contributed by atoms with E-state index in [-0.39, 0.29) is 12.0 Å². The summed E-state index contributed by atoms with van der Waals surface area (Å²) in [6.45, 7) is 11.4. The third-order valence-electron chi connectivity index (χ3n) is 3.24. The summed E-state index contributed by atoms with van der Waals surface area (Å²) in [6, 6.07) is 7.49. The topological polar surface area (TPSA) is 52.3 Å². The zero-order chi connectivity index (χ0) is 15.2. The van der Waals surface area contributed by atoms with Crippen LogP contribution in [0.2, 0.25) is 0 Å². The third-order valence-corrected chi connectivity index (χ3v) is 3.24. The minimum Gasteiger partial charge on any atom is -0.491 e. The molecule has 2 N–H and O–H groups in total. The minimum atomic E-state index is -0.778. The number of carbonyl (C=O) groups excluding carboxylic acids is 1. The van der Waals surface area contributed by atoms with Crippen LogP contribution in [0.15, 0.2) is 49.6 Å². The van der Waals surface area contributed by atoms with Crippen molar-refractivity contribution in [2.45, 2.75) is 38.2 Å².